The molecular formula is C22H23N7OS. The summed E-state index contributed by atoms with van der Waals surface area (Å²) in [5, 5.41) is 13.1. The van der Waals surface area contributed by atoms with Crippen LogP contribution in [0.25, 0.3) is 4.85 Å². The zero-order chi connectivity index (χ0) is 21.8. The second-order valence-corrected chi connectivity index (χ2v) is 8.74. The Kier molecular flexibility index (Phi) is 6.36. The number of pyridine rings is 2. The van der Waals surface area contributed by atoms with Gasteiger partial charge in [0.2, 0.25) is 11.6 Å². The van der Waals surface area contributed by atoms with Gasteiger partial charge in [0.25, 0.3) is 0 Å². The van der Waals surface area contributed by atoms with Crippen molar-refractivity contribution < 1.29 is 4.79 Å². The second-order valence-electron chi connectivity index (χ2n) is 7.65. The first-order valence-electron chi connectivity index (χ1n) is 10.3. The standard InChI is InChI=1S/C22H23N7OS/c1-25-18-17(14-3-4-14)16(13-23)22(28-21(18)29-11-2-7-26-10-12-29)31-19(20(24)30)15-5-8-27-9-6-15/h5-6,8-9,14,19,26H,2-4,7,10-12H2,(H2,24,30). The Balaban J connectivity index is 1.84. The largest absolute Gasteiger partial charge is 0.368 e. The van der Waals surface area contributed by atoms with E-state index in [0.29, 0.717) is 27.7 Å². The monoisotopic (exact) mass is 433 g/mol. The number of nitrogens with two attached hydrogens (primary N) is 1. The van der Waals surface area contributed by atoms with Crippen molar-refractivity contribution in [1.29, 1.82) is 5.26 Å². The maximum Gasteiger partial charge on any atom is 0.235 e. The average molecular weight is 434 g/mol. The van der Waals surface area contributed by atoms with Gasteiger partial charge in [0.1, 0.15) is 22.2 Å². The van der Waals surface area contributed by atoms with Crippen molar-refractivity contribution in [3.63, 3.8) is 0 Å². The van der Waals surface area contributed by atoms with Crippen LogP contribution < -0.4 is 16.0 Å². The van der Waals surface area contributed by atoms with Gasteiger partial charge >= 0.3 is 0 Å². The predicted molar refractivity (Wildman–Crippen MR) is 119 cm³/mol. The number of anilines is 1. The van der Waals surface area contributed by atoms with E-state index < -0.39 is 11.2 Å². The highest BCUT2D eigenvalue weighted by molar-refractivity contribution is 8.00. The van der Waals surface area contributed by atoms with Gasteiger partial charge in [-0.25, -0.2) is 9.83 Å². The topological polar surface area (TPSA) is 112 Å². The summed E-state index contributed by atoms with van der Waals surface area (Å²) in [6.07, 6.45) is 6.07. The van der Waals surface area contributed by atoms with Crippen molar-refractivity contribution >= 4 is 29.2 Å². The van der Waals surface area contributed by atoms with E-state index in [1.54, 1.807) is 24.5 Å². The van der Waals surface area contributed by atoms with Crippen LogP contribution in [0, 0.1) is 17.9 Å². The lowest BCUT2D eigenvalue weighted by molar-refractivity contribution is -0.117. The average Bonchev–Trinajstić information content (AvgIpc) is 3.64. The number of carbonyl (C=O) groups excluding carboxylic acids is 1. The Morgan fingerprint density at radius 1 is 1.35 bits per heavy atom. The number of nitriles is 1. The van der Waals surface area contributed by atoms with Crippen LogP contribution in [-0.4, -0.2) is 42.1 Å². The summed E-state index contributed by atoms with van der Waals surface area (Å²) in [5.41, 5.74) is 8.08. The molecule has 1 aliphatic heterocycles. The summed E-state index contributed by atoms with van der Waals surface area (Å²) in [7, 11) is 0. The van der Waals surface area contributed by atoms with E-state index in [-0.39, 0.29) is 5.92 Å². The Hall–Kier alpha value is -3.14. The minimum Gasteiger partial charge on any atom is -0.368 e. The molecule has 3 N–H and O–H groups in total. The molecule has 158 valence electrons. The number of nitrogens with zero attached hydrogens (tertiary/aromatic N) is 5. The SMILES string of the molecule is [C-]#[N+]c1c(N2CCCNCC2)nc(SC(C(N)=O)c2ccncc2)c(C#N)c1C1CC1. The molecular weight excluding hydrogens is 410 g/mol. The highest BCUT2D eigenvalue weighted by Crippen LogP contribution is 2.51. The van der Waals surface area contributed by atoms with E-state index in [0.717, 1.165) is 51.0 Å². The molecule has 1 saturated heterocycles. The Morgan fingerprint density at radius 2 is 2.13 bits per heavy atom. The van der Waals surface area contributed by atoms with E-state index in [4.69, 9.17) is 17.3 Å². The van der Waals surface area contributed by atoms with Gasteiger partial charge in [-0.3, -0.25) is 9.78 Å². The first kappa shape index (κ1) is 21.1. The Morgan fingerprint density at radius 3 is 2.77 bits per heavy atom. The van der Waals surface area contributed by atoms with Crippen molar-refractivity contribution in [2.45, 2.75) is 35.5 Å². The lowest BCUT2D eigenvalue weighted by Crippen LogP contribution is -2.29. The van der Waals surface area contributed by atoms with Gasteiger partial charge in [-0.05, 0) is 55.0 Å². The minimum atomic E-state index is -0.702. The summed E-state index contributed by atoms with van der Waals surface area (Å²) in [4.78, 5) is 27.0. The summed E-state index contributed by atoms with van der Waals surface area (Å²) in [6.45, 7) is 11.1. The molecule has 0 bridgehead atoms. The Bertz CT molecular complexity index is 1050. The van der Waals surface area contributed by atoms with Crippen molar-refractivity contribution in [1.82, 2.24) is 15.3 Å². The van der Waals surface area contributed by atoms with Crippen LogP contribution in [0.4, 0.5) is 11.5 Å². The molecule has 31 heavy (non-hydrogen) atoms. The van der Waals surface area contributed by atoms with Gasteiger partial charge in [-0.1, -0.05) is 11.8 Å². The molecule has 1 aliphatic carbocycles. The number of aromatic nitrogens is 2. The van der Waals surface area contributed by atoms with Crippen LogP contribution >= 0.6 is 11.8 Å². The van der Waals surface area contributed by atoms with Gasteiger partial charge in [0.15, 0.2) is 0 Å². The third-order valence-electron chi connectivity index (χ3n) is 5.50. The van der Waals surface area contributed by atoms with Crippen molar-refractivity contribution in [3.8, 4) is 6.07 Å². The number of carbonyl (C=O) groups is 1. The van der Waals surface area contributed by atoms with Crippen LogP contribution in [0.5, 0.6) is 0 Å². The molecule has 2 aromatic rings. The van der Waals surface area contributed by atoms with Crippen LogP contribution in [0.1, 0.15) is 47.1 Å². The van der Waals surface area contributed by atoms with Gasteiger partial charge in [-0.15, -0.1) is 0 Å². The van der Waals surface area contributed by atoms with Crippen LogP contribution in [-0.2, 0) is 4.79 Å². The molecule has 2 aliphatic rings. The number of hydrogen-bond donors (Lipinski definition) is 2. The number of rotatable bonds is 6. The van der Waals surface area contributed by atoms with Crippen LogP contribution in [0.2, 0.25) is 0 Å². The fraction of sp³-hybridized carbons (Fsp3) is 0.409. The van der Waals surface area contributed by atoms with Gasteiger partial charge in [0.05, 0.1) is 12.1 Å². The molecule has 1 saturated carbocycles. The maximum atomic E-state index is 12.3. The zero-order valence-corrected chi connectivity index (χ0v) is 17.9. The lowest BCUT2D eigenvalue weighted by Gasteiger charge is -2.26. The first-order valence-corrected chi connectivity index (χ1v) is 11.2. The predicted octanol–water partition coefficient (Wildman–Crippen LogP) is 2.89. The smallest absolute Gasteiger partial charge is 0.235 e. The summed E-state index contributed by atoms with van der Waals surface area (Å²) >= 11 is 1.18. The van der Waals surface area contributed by atoms with E-state index in [2.05, 4.69) is 26.1 Å². The molecule has 0 aromatic carbocycles. The number of hydrogen-bond acceptors (Lipinski definition) is 7. The second kappa shape index (κ2) is 9.34. The highest BCUT2D eigenvalue weighted by atomic mass is 32.2. The molecule has 2 fully saturated rings. The number of primary amides is 1. The highest BCUT2D eigenvalue weighted by Gasteiger charge is 2.35. The van der Waals surface area contributed by atoms with Crippen molar-refractivity contribution in [2.24, 2.45) is 5.73 Å². The molecule has 3 heterocycles. The Labute approximate surface area is 185 Å². The number of amides is 1. The molecule has 9 heteroatoms. The van der Waals surface area contributed by atoms with Crippen molar-refractivity contribution in [2.75, 3.05) is 31.1 Å². The molecule has 1 atom stereocenters. The van der Waals surface area contributed by atoms with E-state index in [1.165, 1.54) is 11.8 Å². The van der Waals surface area contributed by atoms with Gasteiger partial charge < -0.3 is 16.0 Å². The van der Waals surface area contributed by atoms with E-state index in [1.807, 2.05) is 0 Å². The molecule has 1 amide bonds. The summed E-state index contributed by atoms with van der Waals surface area (Å²) in [5.74, 6) is 0.294. The molecule has 8 nitrogen and oxygen atoms in total. The lowest BCUT2D eigenvalue weighted by atomic mass is 10.0. The zero-order valence-electron chi connectivity index (χ0n) is 17.0. The molecule has 0 spiro atoms. The molecule has 1 unspecified atom stereocenters. The van der Waals surface area contributed by atoms with Gasteiger partial charge in [-0.2, -0.15) is 5.26 Å². The maximum absolute atomic E-state index is 12.3. The molecule has 0 radical (unpaired) electrons. The molecule has 4 rings (SSSR count). The van der Waals surface area contributed by atoms with Gasteiger partial charge in [0, 0.05) is 32.0 Å². The van der Waals surface area contributed by atoms with E-state index >= 15 is 0 Å². The van der Waals surface area contributed by atoms with E-state index in [9.17, 15) is 10.1 Å². The fourth-order valence-corrected chi connectivity index (χ4v) is 4.90. The van der Waals surface area contributed by atoms with Crippen molar-refractivity contribution in [3.05, 3.63) is 52.6 Å². The van der Waals surface area contributed by atoms with Crippen LogP contribution in [0.3, 0.4) is 0 Å². The first-order chi connectivity index (χ1) is 15.1. The molecule has 2 aromatic heterocycles. The normalized spacial score (nSPS) is 17.3. The number of nitrogens with one attached hydrogen (secondary N) is 1. The minimum absolute atomic E-state index is 0.193. The van der Waals surface area contributed by atoms with Crippen LogP contribution in [0.15, 0.2) is 29.6 Å². The summed E-state index contributed by atoms with van der Waals surface area (Å²) < 4.78 is 0. The fourth-order valence-electron chi connectivity index (χ4n) is 3.85. The number of thioether (sulfide) groups is 1. The quantitative estimate of drug-likeness (QED) is 0.532. The summed E-state index contributed by atoms with van der Waals surface area (Å²) in [6, 6.07) is 5.76. The third kappa shape index (κ3) is 4.48. The third-order valence-corrected chi connectivity index (χ3v) is 6.76.